The molecule has 1 saturated heterocycles. The van der Waals surface area contributed by atoms with Gasteiger partial charge in [-0.25, -0.2) is 0 Å². The van der Waals surface area contributed by atoms with Crippen molar-refractivity contribution in [1.29, 1.82) is 0 Å². The summed E-state index contributed by atoms with van der Waals surface area (Å²) in [4.78, 5) is 11.4. The van der Waals surface area contributed by atoms with Gasteiger partial charge in [0, 0.05) is 24.9 Å². The van der Waals surface area contributed by atoms with Crippen molar-refractivity contribution in [2.45, 2.75) is 31.8 Å². The summed E-state index contributed by atoms with van der Waals surface area (Å²) in [5.74, 6) is 0.366. The lowest BCUT2D eigenvalue weighted by Gasteiger charge is -2.28. The molecule has 0 aromatic heterocycles. The SMILES string of the molecule is C[C@@H]1CC(=O)C[C@H](c2ccccc2)N1.Cl. The molecule has 1 fully saturated rings. The maximum atomic E-state index is 11.4. The minimum absolute atomic E-state index is 0. The monoisotopic (exact) mass is 225 g/mol. The van der Waals surface area contributed by atoms with Gasteiger partial charge >= 0.3 is 0 Å². The highest BCUT2D eigenvalue weighted by Crippen LogP contribution is 2.22. The Balaban J connectivity index is 0.00000112. The maximum Gasteiger partial charge on any atom is 0.136 e. The lowest BCUT2D eigenvalue weighted by molar-refractivity contribution is -0.121. The topological polar surface area (TPSA) is 29.1 Å². The van der Waals surface area contributed by atoms with E-state index in [4.69, 9.17) is 0 Å². The molecule has 3 heteroatoms. The van der Waals surface area contributed by atoms with E-state index in [1.54, 1.807) is 0 Å². The molecule has 15 heavy (non-hydrogen) atoms. The molecule has 2 nitrogen and oxygen atoms in total. The fraction of sp³-hybridized carbons (Fsp3) is 0.417. The zero-order valence-corrected chi connectivity index (χ0v) is 9.59. The number of benzene rings is 1. The van der Waals surface area contributed by atoms with Crippen LogP contribution in [0, 0.1) is 0 Å². The molecule has 2 rings (SSSR count). The molecular formula is C12H16ClNO. The molecule has 0 saturated carbocycles. The van der Waals surface area contributed by atoms with Crippen molar-refractivity contribution in [1.82, 2.24) is 5.32 Å². The third kappa shape index (κ3) is 3.05. The van der Waals surface area contributed by atoms with Crippen LogP contribution in [-0.2, 0) is 4.79 Å². The van der Waals surface area contributed by atoms with E-state index < -0.39 is 0 Å². The molecule has 1 heterocycles. The summed E-state index contributed by atoms with van der Waals surface area (Å²) in [5, 5.41) is 3.44. The molecule has 1 aromatic rings. The highest BCUT2D eigenvalue weighted by molar-refractivity contribution is 5.85. The van der Waals surface area contributed by atoms with Crippen molar-refractivity contribution in [3.63, 3.8) is 0 Å². The first-order valence-corrected chi connectivity index (χ1v) is 5.08. The number of rotatable bonds is 1. The highest BCUT2D eigenvalue weighted by atomic mass is 35.5. The Bertz CT molecular complexity index is 326. The summed E-state index contributed by atoms with van der Waals surface area (Å²) < 4.78 is 0. The standard InChI is InChI=1S/C12H15NO.ClH/c1-9-7-11(14)8-12(13-9)10-5-3-2-4-6-10;/h2-6,9,12-13H,7-8H2,1H3;1H/t9-,12-;/m1./s1. The largest absolute Gasteiger partial charge is 0.307 e. The van der Waals surface area contributed by atoms with Gasteiger partial charge in [-0.3, -0.25) is 4.79 Å². The molecule has 1 N–H and O–H groups in total. The summed E-state index contributed by atoms with van der Waals surface area (Å²) in [6, 6.07) is 10.7. The second-order valence-electron chi connectivity index (χ2n) is 3.98. The summed E-state index contributed by atoms with van der Waals surface area (Å²) >= 11 is 0. The Labute approximate surface area is 96.5 Å². The zero-order valence-electron chi connectivity index (χ0n) is 8.77. The summed E-state index contributed by atoms with van der Waals surface area (Å²) in [6.07, 6.45) is 1.30. The van der Waals surface area contributed by atoms with Gasteiger partial charge in [0.1, 0.15) is 5.78 Å². The van der Waals surface area contributed by atoms with Crippen LogP contribution >= 0.6 is 12.4 Å². The van der Waals surface area contributed by atoms with Crippen LogP contribution in [0.25, 0.3) is 0 Å². The third-order valence-electron chi connectivity index (χ3n) is 2.65. The average Bonchev–Trinajstić information content (AvgIpc) is 2.18. The van der Waals surface area contributed by atoms with Crippen molar-refractivity contribution in [3.05, 3.63) is 35.9 Å². The number of ketones is 1. The molecular weight excluding hydrogens is 210 g/mol. The first-order chi connectivity index (χ1) is 6.75. The van der Waals surface area contributed by atoms with Crippen LogP contribution in [0.5, 0.6) is 0 Å². The van der Waals surface area contributed by atoms with Crippen LogP contribution in [-0.4, -0.2) is 11.8 Å². The van der Waals surface area contributed by atoms with Gasteiger partial charge in [-0.15, -0.1) is 12.4 Å². The Kier molecular flexibility index (Phi) is 4.30. The number of hydrogen-bond donors (Lipinski definition) is 1. The molecule has 0 bridgehead atoms. The van der Waals surface area contributed by atoms with Crippen molar-refractivity contribution >= 4 is 18.2 Å². The fourth-order valence-corrected chi connectivity index (χ4v) is 2.01. The summed E-state index contributed by atoms with van der Waals surface area (Å²) in [7, 11) is 0. The van der Waals surface area contributed by atoms with E-state index >= 15 is 0 Å². The predicted molar refractivity (Wildman–Crippen MR) is 63.3 cm³/mol. The lowest BCUT2D eigenvalue weighted by Crippen LogP contribution is -2.38. The summed E-state index contributed by atoms with van der Waals surface area (Å²) in [5.41, 5.74) is 1.22. The molecule has 82 valence electrons. The van der Waals surface area contributed by atoms with Crippen molar-refractivity contribution < 1.29 is 4.79 Å². The van der Waals surface area contributed by atoms with Gasteiger partial charge < -0.3 is 5.32 Å². The molecule has 0 aliphatic carbocycles. The number of carbonyl (C=O) groups is 1. The first-order valence-electron chi connectivity index (χ1n) is 5.08. The molecule has 1 aliphatic rings. The molecule has 1 aromatic carbocycles. The first kappa shape index (κ1) is 12.2. The Morgan fingerprint density at radius 1 is 1.20 bits per heavy atom. The number of nitrogens with one attached hydrogen (secondary N) is 1. The van der Waals surface area contributed by atoms with Crippen LogP contribution in [0.15, 0.2) is 30.3 Å². The number of piperidine rings is 1. The van der Waals surface area contributed by atoms with E-state index in [9.17, 15) is 4.79 Å². The minimum atomic E-state index is 0. The van der Waals surface area contributed by atoms with E-state index in [-0.39, 0.29) is 18.4 Å². The fourth-order valence-electron chi connectivity index (χ4n) is 2.01. The molecule has 0 amide bonds. The van der Waals surface area contributed by atoms with E-state index in [1.165, 1.54) is 5.56 Å². The second kappa shape index (κ2) is 5.29. The quantitative estimate of drug-likeness (QED) is 0.796. The van der Waals surface area contributed by atoms with Crippen LogP contribution in [0.3, 0.4) is 0 Å². The van der Waals surface area contributed by atoms with E-state index in [0.717, 1.165) is 0 Å². The van der Waals surface area contributed by atoms with E-state index in [1.807, 2.05) is 18.2 Å². The van der Waals surface area contributed by atoms with Crippen LogP contribution in [0.1, 0.15) is 31.4 Å². The smallest absolute Gasteiger partial charge is 0.136 e. The number of Topliss-reactive ketones (excluding diaryl/α,β-unsaturated/α-hetero) is 1. The molecule has 0 radical (unpaired) electrons. The predicted octanol–water partition coefficient (Wildman–Crippen LogP) is 2.49. The molecule has 1 aliphatic heterocycles. The van der Waals surface area contributed by atoms with Crippen LogP contribution in [0.2, 0.25) is 0 Å². The van der Waals surface area contributed by atoms with Crippen molar-refractivity contribution in [2.24, 2.45) is 0 Å². The Morgan fingerprint density at radius 3 is 2.47 bits per heavy atom. The number of carbonyl (C=O) groups excluding carboxylic acids is 1. The lowest BCUT2D eigenvalue weighted by atomic mass is 9.93. The van der Waals surface area contributed by atoms with Gasteiger partial charge in [-0.2, -0.15) is 0 Å². The van der Waals surface area contributed by atoms with Gasteiger partial charge in [0.25, 0.3) is 0 Å². The van der Waals surface area contributed by atoms with E-state index in [0.29, 0.717) is 24.7 Å². The third-order valence-corrected chi connectivity index (χ3v) is 2.65. The van der Waals surface area contributed by atoms with Crippen molar-refractivity contribution in [2.75, 3.05) is 0 Å². The van der Waals surface area contributed by atoms with Crippen LogP contribution in [0.4, 0.5) is 0 Å². The van der Waals surface area contributed by atoms with Gasteiger partial charge in [-0.05, 0) is 12.5 Å². The molecule has 0 unspecified atom stereocenters. The van der Waals surface area contributed by atoms with Gasteiger partial charge in [0.15, 0.2) is 0 Å². The van der Waals surface area contributed by atoms with Gasteiger partial charge in [0.05, 0.1) is 0 Å². The Morgan fingerprint density at radius 2 is 1.87 bits per heavy atom. The maximum absolute atomic E-state index is 11.4. The zero-order chi connectivity index (χ0) is 9.97. The van der Waals surface area contributed by atoms with Gasteiger partial charge in [0.2, 0.25) is 0 Å². The Hall–Kier alpha value is -0.860. The van der Waals surface area contributed by atoms with Gasteiger partial charge in [-0.1, -0.05) is 30.3 Å². The average molecular weight is 226 g/mol. The molecule has 2 atom stereocenters. The van der Waals surface area contributed by atoms with E-state index in [2.05, 4.69) is 24.4 Å². The number of hydrogen-bond acceptors (Lipinski definition) is 2. The minimum Gasteiger partial charge on any atom is -0.307 e. The van der Waals surface area contributed by atoms with Crippen molar-refractivity contribution in [3.8, 4) is 0 Å². The summed E-state index contributed by atoms with van der Waals surface area (Å²) in [6.45, 7) is 2.06. The van der Waals surface area contributed by atoms with Crippen LogP contribution < -0.4 is 5.32 Å². The normalized spacial score (nSPS) is 25.8. The highest BCUT2D eigenvalue weighted by Gasteiger charge is 2.24. The second-order valence-corrected chi connectivity index (χ2v) is 3.98. The molecule has 0 spiro atoms. The number of halogens is 1.